The minimum absolute atomic E-state index is 0.0904. The lowest BCUT2D eigenvalue weighted by Crippen LogP contribution is -2.07. The molecular formula is C26H19ClN8O3. The molecule has 0 bridgehead atoms. The summed E-state index contributed by atoms with van der Waals surface area (Å²) in [5.74, 6) is 1.55. The summed E-state index contributed by atoms with van der Waals surface area (Å²) >= 11 is 6.21. The zero-order valence-corrected chi connectivity index (χ0v) is 20.3. The molecule has 0 saturated carbocycles. The molecule has 5 aromatic rings. The van der Waals surface area contributed by atoms with E-state index in [1.807, 2.05) is 60.7 Å². The zero-order chi connectivity index (χ0) is 26.3. The smallest absolute Gasteiger partial charge is 0.270 e. The molecule has 0 unspecified atom stereocenters. The van der Waals surface area contributed by atoms with Gasteiger partial charge in [-0.15, -0.1) is 0 Å². The summed E-state index contributed by atoms with van der Waals surface area (Å²) in [6.45, 7) is 0. The van der Waals surface area contributed by atoms with Crippen LogP contribution in [0.5, 0.6) is 0 Å². The maximum Gasteiger partial charge on any atom is 0.270 e. The van der Waals surface area contributed by atoms with Crippen molar-refractivity contribution in [2.75, 3.05) is 16.1 Å². The lowest BCUT2D eigenvalue weighted by molar-refractivity contribution is -0.384. The van der Waals surface area contributed by atoms with Crippen molar-refractivity contribution < 1.29 is 9.34 Å². The van der Waals surface area contributed by atoms with E-state index in [4.69, 9.17) is 16.0 Å². The fraction of sp³-hybridized carbons (Fsp3) is 0. The third-order valence-electron chi connectivity index (χ3n) is 5.10. The number of anilines is 5. The molecule has 0 amide bonds. The number of furan rings is 1. The first-order valence-corrected chi connectivity index (χ1v) is 11.6. The van der Waals surface area contributed by atoms with Crippen molar-refractivity contribution in [2.45, 2.75) is 0 Å². The first-order valence-electron chi connectivity index (χ1n) is 11.3. The summed E-state index contributed by atoms with van der Waals surface area (Å²) < 4.78 is 5.75. The minimum atomic E-state index is -0.494. The van der Waals surface area contributed by atoms with Gasteiger partial charge in [0.25, 0.3) is 5.69 Å². The molecule has 2 heterocycles. The van der Waals surface area contributed by atoms with Crippen LogP contribution in [0.15, 0.2) is 101 Å². The van der Waals surface area contributed by atoms with Gasteiger partial charge in [-0.25, -0.2) is 5.43 Å². The van der Waals surface area contributed by atoms with Crippen LogP contribution in [0.4, 0.5) is 34.9 Å². The molecule has 0 saturated heterocycles. The maximum atomic E-state index is 11.1. The summed E-state index contributed by atoms with van der Waals surface area (Å²) in [5.41, 5.74) is 4.71. The molecule has 3 aromatic carbocycles. The van der Waals surface area contributed by atoms with Crippen molar-refractivity contribution in [3.8, 4) is 11.3 Å². The van der Waals surface area contributed by atoms with Crippen LogP contribution in [0.25, 0.3) is 11.3 Å². The fourth-order valence-electron chi connectivity index (χ4n) is 3.38. The van der Waals surface area contributed by atoms with Gasteiger partial charge in [-0.2, -0.15) is 20.1 Å². The van der Waals surface area contributed by atoms with Gasteiger partial charge in [0.2, 0.25) is 17.8 Å². The minimum Gasteiger partial charge on any atom is -0.455 e. The number of benzene rings is 3. The summed E-state index contributed by atoms with van der Waals surface area (Å²) in [4.78, 5) is 23.8. The van der Waals surface area contributed by atoms with Crippen LogP contribution in [-0.4, -0.2) is 26.1 Å². The van der Waals surface area contributed by atoms with E-state index >= 15 is 0 Å². The predicted octanol–water partition coefficient (Wildman–Crippen LogP) is 6.63. The van der Waals surface area contributed by atoms with Crippen LogP contribution in [-0.2, 0) is 0 Å². The third kappa shape index (κ3) is 6.09. The van der Waals surface area contributed by atoms with Crippen molar-refractivity contribution in [1.29, 1.82) is 0 Å². The van der Waals surface area contributed by atoms with E-state index < -0.39 is 4.92 Å². The molecule has 0 spiro atoms. The summed E-state index contributed by atoms with van der Waals surface area (Å²) in [5, 5.41) is 21.9. The van der Waals surface area contributed by atoms with Gasteiger partial charge < -0.3 is 15.1 Å². The van der Waals surface area contributed by atoms with Gasteiger partial charge in [0, 0.05) is 29.1 Å². The monoisotopic (exact) mass is 526 g/mol. The molecule has 3 N–H and O–H groups in total. The Kier molecular flexibility index (Phi) is 7.18. The number of rotatable bonds is 9. The number of para-hydroxylation sites is 2. The SMILES string of the molecule is O=[N+]([O-])c1ccc(Cl)c(-c2ccc(C=NNc3nc(Nc4ccccc4)nc(Nc4ccccc4)n3)o2)c1. The second-order valence-corrected chi connectivity index (χ2v) is 8.19. The van der Waals surface area contributed by atoms with E-state index in [1.54, 1.807) is 12.1 Å². The number of nitrogens with one attached hydrogen (secondary N) is 3. The van der Waals surface area contributed by atoms with Crippen LogP contribution >= 0.6 is 11.6 Å². The van der Waals surface area contributed by atoms with Gasteiger partial charge in [-0.3, -0.25) is 10.1 Å². The summed E-state index contributed by atoms with van der Waals surface area (Å²) in [6, 6.07) is 26.4. The standard InChI is InChI=1S/C26H19ClN8O3/c27-22-13-11-19(35(36)37)15-21(22)23-14-12-20(38-23)16-28-34-26-32-24(29-17-7-3-1-4-8-17)31-25(33-26)30-18-9-5-2-6-10-18/h1-16H,(H3,29,30,31,32,33,34). The van der Waals surface area contributed by atoms with Gasteiger partial charge >= 0.3 is 0 Å². The Balaban J connectivity index is 1.35. The Bertz CT molecular complexity index is 1530. The largest absolute Gasteiger partial charge is 0.455 e. The van der Waals surface area contributed by atoms with Crippen LogP contribution in [0.2, 0.25) is 5.02 Å². The first-order chi connectivity index (χ1) is 18.5. The average molecular weight is 527 g/mol. The molecule has 188 valence electrons. The lowest BCUT2D eigenvalue weighted by Gasteiger charge is -2.10. The van der Waals surface area contributed by atoms with Gasteiger partial charge in [0.15, 0.2) is 0 Å². The quantitative estimate of drug-likeness (QED) is 0.109. The van der Waals surface area contributed by atoms with Crippen molar-refractivity contribution >= 4 is 52.7 Å². The van der Waals surface area contributed by atoms with Crippen LogP contribution in [0.3, 0.4) is 0 Å². The van der Waals surface area contributed by atoms with Crippen LogP contribution in [0.1, 0.15) is 5.76 Å². The topological polar surface area (TPSA) is 143 Å². The molecule has 12 heteroatoms. The Morgan fingerprint density at radius 1 is 0.816 bits per heavy atom. The lowest BCUT2D eigenvalue weighted by atomic mass is 10.1. The Morgan fingerprint density at radius 3 is 2.03 bits per heavy atom. The molecule has 2 aromatic heterocycles. The molecule has 0 radical (unpaired) electrons. The maximum absolute atomic E-state index is 11.1. The molecule has 0 fully saturated rings. The first kappa shape index (κ1) is 24.4. The Hall–Kier alpha value is -5.29. The number of hydrazone groups is 1. The molecular weight excluding hydrogens is 508 g/mol. The van der Waals surface area contributed by atoms with Gasteiger partial charge in [-0.05, 0) is 42.5 Å². The van der Waals surface area contributed by atoms with E-state index in [0.29, 0.717) is 34.0 Å². The van der Waals surface area contributed by atoms with Crippen LogP contribution < -0.4 is 16.1 Å². The molecule has 0 aliphatic heterocycles. The number of aromatic nitrogens is 3. The molecule has 38 heavy (non-hydrogen) atoms. The number of nitro groups is 1. The number of hydrogen-bond donors (Lipinski definition) is 3. The van der Waals surface area contributed by atoms with Crippen molar-refractivity contribution in [3.63, 3.8) is 0 Å². The summed E-state index contributed by atoms with van der Waals surface area (Å²) in [6.07, 6.45) is 1.42. The molecule has 5 rings (SSSR count). The Labute approximate surface area is 221 Å². The van der Waals surface area contributed by atoms with Crippen molar-refractivity contribution in [2.24, 2.45) is 5.10 Å². The third-order valence-corrected chi connectivity index (χ3v) is 5.43. The number of nitro benzene ring substituents is 1. The van der Waals surface area contributed by atoms with E-state index in [0.717, 1.165) is 11.4 Å². The number of hydrogen-bond acceptors (Lipinski definition) is 10. The Morgan fingerprint density at radius 2 is 1.42 bits per heavy atom. The zero-order valence-electron chi connectivity index (χ0n) is 19.6. The molecule has 0 aliphatic carbocycles. The second-order valence-electron chi connectivity index (χ2n) is 7.78. The van der Waals surface area contributed by atoms with Gasteiger partial charge in [-0.1, -0.05) is 48.0 Å². The van der Waals surface area contributed by atoms with Crippen molar-refractivity contribution in [3.05, 3.63) is 112 Å². The predicted molar refractivity (Wildman–Crippen MR) is 146 cm³/mol. The van der Waals surface area contributed by atoms with E-state index in [2.05, 4.69) is 36.1 Å². The van der Waals surface area contributed by atoms with E-state index in [1.165, 1.54) is 24.4 Å². The molecule has 11 nitrogen and oxygen atoms in total. The van der Waals surface area contributed by atoms with Gasteiger partial charge in [0.1, 0.15) is 11.5 Å². The highest BCUT2D eigenvalue weighted by atomic mass is 35.5. The van der Waals surface area contributed by atoms with Crippen LogP contribution in [0, 0.1) is 10.1 Å². The fourth-order valence-corrected chi connectivity index (χ4v) is 3.59. The van der Waals surface area contributed by atoms with E-state index in [-0.39, 0.29) is 11.6 Å². The number of halogens is 1. The molecule has 0 atom stereocenters. The summed E-state index contributed by atoms with van der Waals surface area (Å²) in [7, 11) is 0. The second kappa shape index (κ2) is 11.2. The highest BCUT2D eigenvalue weighted by molar-refractivity contribution is 6.33. The normalized spacial score (nSPS) is 10.9. The van der Waals surface area contributed by atoms with Crippen molar-refractivity contribution in [1.82, 2.24) is 15.0 Å². The van der Waals surface area contributed by atoms with Gasteiger partial charge in [0.05, 0.1) is 16.2 Å². The highest BCUT2D eigenvalue weighted by Crippen LogP contribution is 2.32. The number of non-ortho nitro benzene ring substituents is 1. The average Bonchev–Trinajstić information content (AvgIpc) is 3.38. The number of nitrogens with zero attached hydrogens (tertiary/aromatic N) is 5. The molecule has 0 aliphatic rings. The van der Waals surface area contributed by atoms with E-state index in [9.17, 15) is 10.1 Å². The highest BCUT2D eigenvalue weighted by Gasteiger charge is 2.14.